The van der Waals surface area contributed by atoms with Crippen LogP contribution in [0.25, 0.3) is 0 Å². The number of nitrogens with one attached hydrogen (secondary N) is 2. The lowest BCUT2D eigenvalue weighted by molar-refractivity contribution is -0.384. The van der Waals surface area contributed by atoms with Gasteiger partial charge in [0.2, 0.25) is 0 Å². The lowest BCUT2D eigenvalue weighted by Gasteiger charge is -2.09. The number of aromatic amines is 1. The molecule has 1 heterocycles. The summed E-state index contributed by atoms with van der Waals surface area (Å²) in [5, 5.41) is 20.2. The molecule has 1 aromatic carbocycles. The Morgan fingerprint density at radius 2 is 2.05 bits per heavy atom. The minimum Gasteiger partial charge on any atom is -0.322 e. The molecular weight excluding hydrogens is 296 g/mol. The molecule has 7 nitrogen and oxygen atoms in total. The Bertz CT molecular complexity index is 720. The zero-order valence-electron chi connectivity index (χ0n) is 11.7. The third-order valence-corrected chi connectivity index (χ3v) is 3.40. The number of rotatable bonds is 3. The zero-order valence-corrected chi connectivity index (χ0v) is 12.4. The van der Waals surface area contributed by atoms with E-state index < -0.39 is 4.92 Å². The molecule has 2 rings (SSSR count). The Morgan fingerprint density at radius 1 is 1.38 bits per heavy atom. The van der Waals surface area contributed by atoms with Gasteiger partial charge >= 0.3 is 0 Å². The van der Waals surface area contributed by atoms with Gasteiger partial charge in [-0.25, -0.2) is 0 Å². The minimum atomic E-state index is -0.564. The molecule has 8 heteroatoms. The van der Waals surface area contributed by atoms with E-state index in [1.54, 1.807) is 20.8 Å². The molecule has 21 heavy (non-hydrogen) atoms. The molecule has 1 aromatic heterocycles. The van der Waals surface area contributed by atoms with Crippen LogP contribution in [0.3, 0.4) is 0 Å². The molecule has 0 atom stereocenters. The monoisotopic (exact) mass is 308 g/mol. The second-order valence-electron chi connectivity index (χ2n) is 4.64. The predicted molar refractivity (Wildman–Crippen MR) is 78.9 cm³/mol. The molecular formula is C13H13ClN4O3. The molecule has 110 valence electrons. The summed E-state index contributed by atoms with van der Waals surface area (Å²) in [5.41, 5.74) is 2.46. The number of amides is 1. The van der Waals surface area contributed by atoms with E-state index in [9.17, 15) is 14.9 Å². The third kappa shape index (κ3) is 2.87. The van der Waals surface area contributed by atoms with Gasteiger partial charge < -0.3 is 5.32 Å². The van der Waals surface area contributed by atoms with Gasteiger partial charge in [0.05, 0.1) is 16.2 Å². The smallest absolute Gasteiger partial charge is 0.288 e. The lowest BCUT2D eigenvalue weighted by atomic mass is 10.1. The number of carbonyl (C=O) groups excluding carboxylic acids is 1. The Labute approximate surface area is 125 Å². The van der Waals surface area contributed by atoms with E-state index in [1.165, 1.54) is 12.1 Å². The summed E-state index contributed by atoms with van der Waals surface area (Å²) in [6.07, 6.45) is 0. The first-order valence-electron chi connectivity index (χ1n) is 6.08. The summed E-state index contributed by atoms with van der Waals surface area (Å²) in [5.74, 6) is -0.341. The van der Waals surface area contributed by atoms with Crippen molar-refractivity contribution in [1.29, 1.82) is 0 Å². The van der Waals surface area contributed by atoms with Gasteiger partial charge in [0.15, 0.2) is 0 Å². The Balaban J connectivity index is 2.34. The second-order valence-corrected chi connectivity index (χ2v) is 5.05. The SMILES string of the molecule is Cc1cc([N+](=O)[O-])c(Cl)cc1NC(=O)c1c(C)n[nH]c1C. The quantitative estimate of drug-likeness (QED) is 0.671. The predicted octanol–water partition coefficient (Wildman–Crippen LogP) is 3.15. The maximum absolute atomic E-state index is 12.3. The number of nitro groups is 1. The third-order valence-electron chi connectivity index (χ3n) is 3.09. The number of anilines is 1. The highest BCUT2D eigenvalue weighted by Crippen LogP contribution is 2.30. The largest absolute Gasteiger partial charge is 0.322 e. The van der Waals surface area contributed by atoms with Crippen molar-refractivity contribution in [2.45, 2.75) is 20.8 Å². The van der Waals surface area contributed by atoms with Crippen molar-refractivity contribution < 1.29 is 9.72 Å². The fraction of sp³-hybridized carbons (Fsp3) is 0.231. The van der Waals surface area contributed by atoms with Crippen molar-refractivity contribution in [3.63, 3.8) is 0 Å². The molecule has 0 unspecified atom stereocenters. The maximum atomic E-state index is 12.3. The standard InChI is InChI=1S/C13H13ClN4O3/c1-6-4-11(18(20)21)9(14)5-10(6)15-13(19)12-7(2)16-17-8(12)3/h4-5H,1-3H3,(H,15,19)(H,16,17). The van der Waals surface area contributed by atoms with E-state index in [0.717, 1.165) is 0 Å². The number of carbonyl (C=O) groups is 1. The molecule has 2 N–H and O–H groups in total. The maximum Gasteiger partial charge on any atom is 0.288 e. The summed E-state index contributed by atoms with van der Waals surface area (Å²) in [6.45, 7) is 5.12. The van der Waals surface area contributed by atoms with Gasteiger partial charge in [-0.3, -0.25) is 20.0 Å². The van der Waals surface area contributed by atoms with Crippen LogP contribution in [0.2, 0.25) is 5.02 Å². The number of aryl methyl sites for hydroxylation is 3. The number of hydrogen-bond donors (Lipinski definition) is 2. The number of benzene rings is 1. The van der Waals surface area contributed by atoms with Crippen molar-refractivity contribution in [1.82, 2.24) is 10.2 Å². The van der Waals surface area contributed by atoms with E-state index in [-0.39, 0.29) is 16.6 Å². The van der Waals surface area contributed by atoms with E-state index >= 15 is 0 Å². The molecule has 0 aliphatic carbocycles. The van der Waals surface area contributed by atoms with Crippen molar-refractivity contribution >= 4 is 28.9 Å². The fourth-order valence-electron chi connectivity index (χ4n) is 2.01. The van der Waals surface area contributed by atoms with E-state index in [0.29, 0.717) is 28.2 Å². The number of aromatic nitrogens is 2. The van der Waals surface area contributed by atoms with Crippen molar-refractivity contribution in [3.05, 3.63) is 49.8 Å². The van der Waals surface area contributed by atoms with Crippen molar-refractivity contribution in [3.8, 4) is 0 Å². The first kappa shape index (κ1) is 15.0. The molecule has 0 aliphatic rings. The van der Waals surface area contributed by atoms with E-state index in [4.69, 9.17) is 11.6 Å². The van der Waals surface area contributed by atoms with Gasteiger partial charge in [-0.05, 0) is 32.4 Å². The number of hydrogen-bond acceptors (Lipinski definition) is 4. The summed E-state index contributed by atoms with van der Waals surface area (Å²) >= 11 is 5.86. The molecule has 0 radical (unpaired) electrons. The van der Waals surface area contributed by atoms with Gasteiger partial charge in [-0.1, -0.05) is 11.6 Å². The lowest BCUT2D eigenvalue weighted by Crippen LogP contribution is -2.14. The Hall–Kier alpha value is -2.41. The summed E-state index contributed by atoms with van der Waals surface area (Å²) < 4.78 is 0. The Kier molecular flexibility index (Phi) is 3.95. The number of nitro benzene ring substituents is 1. The Morgan fingerprint density at radius 3 is 2.57 bits per heavy atom. The summed E-state index contributed by atoms with van der Waals surface area (Å²) in [7, 11) is 0. The highest BCUT2D eigenvalue weighted by molar-refractivity contribution is 6.33. The van der Waals surface area contributed by atoms with Crippen LogP contribution in [0.15, 0.2) is 12.1 Å². The van der Waals surface area contributed by atoms with Crippen LogP contribution in [0, 0.1) is 30.9 Å². The second kappa shape index (κ2) is 5.53. The van der Waals surface area contributed by atoms with Crippen molar-refractivity contribution in [2.75, 3.05) is 5.32 Å². The highest BCUT2D eigenvalue weighted by atomic mass is 35.5. The highest BCUT2D eigenvalue weighted by Gasteiger charge is 2.19. The van der Waals surface area contributed by atoms with E-state index in [1.807, 2.05) is 0 Å². The van der Waals surface area contributed by atoms with Crippen molar-refractivity contribution in [2.24, 2.45) is 0 Å². The first-order chi connectivity index (χ1) is 9.81. The molecule has 0 spiro atoms. The number of nitrogens with zero attached hydrogens (tertiary/aromatic N) is 2. The molecule has 2 aromatic rings. The van der Waals surface area contributed by atoms with Crippen LogP contribution in [-0.4, -0.2) is 21.0 Å². The van der Waals surface area contributed by atoms with Gasteiger partial charge in [-0.2, -0.15) is 5.10 Å². The van der Waals surface area contributed by atoms with E-state index in [2.05, 4.69) is 15.5 Å². The van der Waals surface area contributed by atoms with Crippen LogP contribution in [0.5, 0.6) is 0 Å². The average molecular weight is 309 g/mol. The number of H-pyrrole nitrogens is 1. The van der Waals surface area contributed by atoms with Crippen LogP contribution < -0.4 is 5.32 Å². The average Bonchev–Trinajstić information content (AvgIpc) is 2.72. The topological polar surface area (TPSA) is 101 Å². The summed E-state index contributed by atoms with van der Waals surface area (Å²) in [6, 6.07) is 2.70. The molecule has 0 fully saturated rings. The fourth-order valence-corrected chi connectivity index (χ4v) is 2.24. The van der Waals surface area contributed by atoms with Gasteiger partial charge in [0, 0.05) is 17.4 Å². The van der Waals surface area contributed by atoms with Crippen LogP contribution >= 0.6 is 11.6 Å². The van der Waals surface area contributed by atoms with Crippen LogP contribution in [0.1, 0.15) is 27.3 Å². The van der Waals surface area contributed by atoms with Gasteiger partial charge in [-0.15, -0.1) is 0 Å². The molecule has 1 amide bonds. The molecule has 0 bridgehead atoms. The molecule has 0 aliphatic heterocycles. The van der Waals surface area contributed by atoms with Crippen LogP contribution in [-0.2, 0) is 0 Å². The van der Waals surface area contributed by atoms with Crippen LogP contribution in [0.4, 0.5) is 11.4 Å². The summed E-state index contributed by atoms with van der Waals surface area (Å²) in [4.78, 5) is 22.5. The first-order valence-corrected chi connectivity index (χ1v) is 6.46. The number of halogens is 1. The normalized spacial score (nSPS) is 10.5. The molecule has 0 saturated carbocycles. The van der Waals surface area contributed by atoms with Gasteiger partial charge in [0.25, 0.3) is 11.6 Å². The molecule has 0 saturated heterocycles. The van der Waals surface area contributed by atoms with Gasteiger partial charge in [0.1, 0.15) is 5.02 Å². The minimum absolute atomic E-state index is 0.0264. The zero-order chi connectivity index (χ0) is 15.7.